The Kier molecular flexibility index (Phi) is 5.76. The molecule has 0 fully saturated rings. The lowest BCUT2D eigenvalue weighted by atomic mass is 9.96. The van der Waals surface area contributed by atoms with Gasteiger partial charge in [-0.05, 0) is 79.3 Å². The number of furan rings is 1. The molecule has 258 valence electrons. The summed E-state index contributed by atoms with van der Waals surface area (Å²) in [6.45, 7) is 0. The fraction of sp³-hybridized carbons (Fsp3) is 0.0816. The van der Waals surface area contributed by atoms with E-state index in [1.807, 2.05) is 18.3 Å². The van der Waals surface area contributed by atoms with Crippen molar-refractivity contribution < 1.29 is 4.42 Å². The van der Waals surface area contributed by atoms with E-state index >= 15 is 0 Å². The average molecular weight is 706 g/mol. The van der Waals surface area contributed by atoms with Crippen molar-refractivity contribution in [2.24, 2.45) is 9.98 Å². The summed E-state index contributed by atoms with van der Waals surface area (Å²) in [5, 5.41) is 10.5. The number of allylic oxidation sites excluding steroid dienone is 5. The third kappa shape index (κ3) is 3.90. The van der Waals surface area contributed by atoms with Crippen LogP contribution in [0.5, 0.6) is 0 Å². The minimum Gasteiger partial charge on any atom is -0.456 e. The first kappa shape index (κ1) is 29.4. The van der Waals surface area contributed by atoms with Gasteiger partial charge in [0.1, 0.15) is 16.9 Å². The van der Waals surface area contributed by atoms with E-state index in [9.17, 15) is 0 Å². The number of aliphatic imine (C=N–C) groups is 2. The highest BCUT2D eigenvalue weighted by atomic mass is 16.3. The minimum atomic E-state index is -0.0272. The van der Waals surface area contributed by atoms with E-state index in [1.54, 1.807) is 0 Å². The molecule has 4 aliphatic rings. The van der Waals surface area contributed by atoms with Gasteiger partial charge in [0, 0.05) is 60.5 Å². The summed E-state index contributed by atoms with van der Waals surface area (Å²) in [5.41, 5.74) is 11.3. The van der Waals surface area contributed by atoms with Gasteiger partial charge < -0.3 is 8.98 Å². The summed E-state index contributed by atoms with van der Waals surface area (Å²) in [7, 11) is 0. The highest BCUT2D eigenvalue weighted by molar-refractivity contribution is 6.53. The fourth-order valence-electron chi connectivity index (χ4n) is 9.72. The quantitative estimate of drug-likeness (QED) is 0.180. The summed E-state index contributed by atoms with van der Waals surface area (Å²) < 4.78 is 11.3. The van der Waals surface area contributed by atoms with Gasteiger partial charge in [-0.2, -0.15) is 0 Å². The summed E-state index contributed by atoms with van der Waals surface area (Å²) in [5.74, 6) is 0.830. The van der Waals surface area contributed by atoms with E-state index in [1.165, 1.54) is 43.7 Å². The maximum absolute atomic E-state index is 6.43. The number of hydrogen-bond acceptors (Lipinski definition) is 4. The molecule has 2 bridgehead atoms. The zero-order chi connectivity index (χ0) is 35.8. The number of fused-ring (bicyclic) bond motifs is 8. The van der Waals surface area contributed by atoms with Crippen LogP contribution < -0.4 is 0 Å². The molecule has 0 amide bonds. The summed E-state index contributed by atoms with van der Waals surface area (Å²) in [6, 6.07) is 36.9. The van der Waals surface area contributed by atoms with Crippen LogP contribution in [0.15, 0.2) is 166 Å². The molecule has 6 aromatic carbocycles. The van der Waals surface area contributed by atoms with Gasteiger partial charge in [0.15, 0.2) is 5.84 Å². The van der Waals surface area contributed by atoms with Crippen LogP contribution in [0.4, 0.5) is 0 Å². The van der Waals surface area contributed by atoms with E-state index in [2.05, 4.69) is 137 Å². The van der Waals surface area contributed by atoms with E-state index in [0.717, 1.165) is 91.3 Å². The molecule has 6 heteroatoms. The van der Waals surface area contributed by atoms with Crippen molar-refractivity contribution >= 4 is 104 Å². The average Bonchev–Trinajstić information content (AvgIpc) is 3.89. The fourth-order valence-corrected chi connectivity index (χ4v) is 9.72. The zero-order valence-corrected chi connectivity index (χ0v) is 29.7. The first-order valence-corrected chi connectivity index (χ1v) is 19.1. The molecule has 6 nitrogen and oxygen atoms in total. The van der Waals surface area contributed by atoms with Crippen molar-refractivity contribution in [2.75, 3.05) is 0 Å². The Labute approximate surface area is 314 Å². The normalized spacial score (nSPS) is 17.3. The molecule has 0 saturated carbocycles. The van der Waals surface area contributed by atoms with E-state index in [-0.39, 0.29) is 6.04 Å². The van der Waals surface area contributed by atoms with Crippen molar-refractivity contribution in [3.63, 3.8) is 0 Å². The number of para-hydroxylation sites is 1. The van der Waals surface area contributed by atoms with Crippen molar-refractivity contribution in [3.8, 4) is 0 Å². The van der Waals surface area contributed by atoms with Gasteiger partial charge in [-0.15, -0.1) is 0 Å². The second-order valence-electron chi connectivity index (χ2n) is 14.9. The Hall–Kier alpha value is -7.05. The zero-order valence-electron chi connectivity index (χ0n) is 29.7. The molecular weight excluding hydrogens is 675 g/mol. The van der Waals surface area contributed by atoms with Gasteiger partial charge >= 0.3 is 0 Å². The number of rotatable bonds is 2. The molecule has 2 aliphatic heterocycles. The topological polar surface area (TPSA) is 60.6 Å². The molecule has 55 heavy (non-hydrogen) atoms. The molecule has 10 aromatic rings. The van der Waals surface area contributed by atoms with Crippen LogP contribution in [0.3, 0.4) is 0 Å². The van der Waals surface area contributed by atoms with Crippen LogP contribution in [0.2, 0.25) is 0 Å². The third-order valence-corrected chi connectivity index (χ3v) is 12.0. The van der Waals surface area contributed by atoms with Gasteiger partial charge in [0.2, 0.25) is 0 Å². The second-order valence-corrected chi connectivity index (χ2v) is 14.9. The number of hydrogen-bond donors (Lipinski definition) is 0. The van der Waals surface area contributed by atoms with Gasteiger partial charge in [-0.1, -0.05) is 85.0 Å². The molecule has 0 saturated heterocycles. The van der Waals surface area contributed by atoms with Crippen molar-refractivity contribution in [2.45, 2.75) is 25.3 Å². The Morgan fingerprint density at radius 3 is 2.18 bits per heavy atom. The minimum absolute atomic E-state index is 0.0272. The Morgan fingerprint density at radius 2 is 1.33 bits per heavy atom. The predicted molar refractivity (Wildman–Crippen MR) is 228 cm³/mol. The van der Waals surface area contributed by atoms with Crippen molar-refractivity contribution in [1.29, 1.82) is 0 Å². The molecule has 4 aromatic heterocycles. The first-order valence-electron chi connectivity index (χ1n) is 19.1. The lowest BCUT2D eigenvalue weighted by Crippen LogP contribution is -2.28. The molecule has 2 aliphatic carbocycles. The van der Waals surface area contributed by atoms with Crippen LogP contribution in [-0.4, -0.2) is 31.7 Å². The largest absolute Gasteiger partial charge is 0.456 e. The molecule has 0 radical (unpaired) electrons. The SMILES string of the molecule is C1=CC(n2c3cccc4c5cccnc5c5cccc6c5c5c(c43)c2ccc5n6C2=NC3C=CC(=CC3)N=C2c2cccc3oc4ccccc4c23)=CCC1. The highest BCUT2D eigenvalue weighted by Gasteiger charge is 2.30. The van der Waals surface area contributed by atoms with Gasteiger partial charge in [0.25, 0.3) is 0 Å². The number of pyridine rings is 1. The molecular formula is C49H31N5O. The maximum atomic E-state index is 6.43. The van der Waals surface area contributed by atoms with E-state index < -0.39 is 0 Å². The predicted octanol–water partition coefficient (Wildman–Crippen LogP) is 12.1. The van der Waals surface area contributed by atoms with Gasteiger partial charge in [-0.25, -0.2) is 4.99 Å². The van der Waals surface area contributed by atoms with Crippen LogP contribution in [0.1, 0.15) is 24.8 Å². The van der Waals surface area contributed by atoms with Gasteiger partial charge in [-0.3, -0.25) is 14.5 Å². The Balaban J connectivity index is 1.24. The summed E-state index contributed by atoms with van der Waals surface area (Å²) in [4.78, 5) is 16.3. The Bertz CT molecular complexity index is 3520. The monoisotopic (exact) mass is 705 g/mol. The maximum Gasteiger partial charge on any atom is 0.160 e. The smallest absolute Gasteiger partial charge is 0.160 e. The van der Waals surface area contributed by atoms with Gasteiger partial charge in [0.05, 0.1) is 39.3 Å². The summed E-state index contributed by atoms with van der Waals surface area (Å²) in [6.07, 6.45) is 18.3. The number of nitrogens with zero attached hydrogens (tertiary/aromatic N) is 5. The standard InChI is InChI=1S/C49H31N5O/c1-2-10-30(11-3-1)53-36-17-6-13-31-32-16-9-27-50-47(32)35-14-7-18-37-44(35)46-39(26-25-38(53)45(46)43(31)36)54(37)49-48(51-28-21-23-29(52-49)24-22-28)34-15-8-20-41-42(34)33-12-4-5-19-40(33)55-41/h2,4-23,25-27,29H,1,3,24H2. The summed E-state index contributed by atoms with van der Waals surface area (Å²) >= 11 is 0. The lowest BCUT2D eigenvalue weighted by molar-refractivity contribution is 0.669. The van der Waals surface area contributed by atoms with Crippen LogP contribution in [0, 0.1) is 0 Å². The van der Waals surface area contributed by atoms with Crippen molar-refractivity contribution in [3.05, 3.63) is 157 Å². The van der Waals surface area contributed by atoms with E-state index in [4.69, 9.17) is 19.4 Å². The molecule has 0 spiro atoms. The molecule has 1 unspecified atom stereocenters. The molecule has 14 rings (SSSR count). The second kappa shape index (κ2) is 10.8. The van der Waals surface area contributed by atoms with Crippen molar-refractivity contribution in [1.82, 2.24) is 14.1 Å². The number of benzene rings is 5. The van der Waals surface area contributed by atoms with Crippen LogP contribution >= 0.6 is 0 Å². The third-order valence-electron chi connectivity index (χ3n) is 12.0. The lowest BCUT2D eigenvalue weighted by Gasteiger charge is -2.22. The molecule has 1 atom stereocenters. The molecule has 6 heterocycles. The molecule has 0 N–H and O–H groups in total. The number of aromatic nitrogens is 3. The van der Waals surface area contributed by atoms with Crippen LogP contribution in [0.25, 0.3) is 92.9 Å². The van der Waals surface area contributed by atoms with E-state index in [0.29, 0.717) is 0 Å². The van der Waals surface area contributed by atoms with Crippen LogP contribution in [-0.2, 0) is 0 Å². The highest BCUT2D eigenvalue weighted by Crippen LogP contribution is 2.47. The Morgan fingerprint density at radius 1 is 0.582 bits per heavy atom. The first-order chi connectivity index (χ1) is 27.3.